The third-order valence-corrected chi connectivity index (χ3v) is 13.7. The molecule has 10 aromatic rings. The van der Waals surface area contributed by atoms with Crippen molar-refractivity contribution >= 4 is 27.8 Å². The third-order valence-electron chi connectivity index (χ3n) is 13.7. The van der Waals surface area contributed by atoms with Crippen LogP contribution < -0.4 is 4.90 Å². The Bertz CT molecular complexity index is 3320. The molecule has 1 aliphatic carbocycles. The molecule has 65 heavy (non-hydrogen) atoms. The Morgan fingerprint density at radius 2 is 0.892 bits per heavy atom. The van der Waals surface area contributed by atoms with Gasteiger partial charge in [0.15, 0.2) is 0 Å². The monoisotopic (exact) mass is 833 g/mol. The van der Waals surface area contributed by atoms with E-state index in [1.165, 1.54) is 88.7 Å². The molecule has 1 nitrogen and oxygen atoms in total. The fourth-order valence-electron chi connectivity index (χ4n) is 10.3. The van der Waals surface area contributed by atoms with Crippen molar-refractivity contribution in [3.05, 3.63) is 259 Å². The van der Waals surface area contributed by atoms with E-state index in [4.69, 9.17) is 0 Å². The van der Waals surface area contributed by atoms with Crippen LogP contribution in [0, 0.1) is 0 Å². The van der Waals surface area contributed by atoms with Gasteiger partial charge in [-0.25, -0.2) is 0 Å². The summed E-state index contributed by atoms with van der Waals surface area (Å²) in [6, 6.07) is 87.5. The van der Waals surface area contributed by atoms with Crippen LogP contribution in [0.5, 0.6) is 0 Å². The maximum absolute atomic E-state index is 2.51. The molecule has 11 rings (SSSR count). The van der Waals surface area contributed by atoms with Crippen LogP contribution in [0.15, 0.2) is 237 Å². The molecule has 0 saturated heterocycles. The van der Waals surface area contributed by atoms with E-state index in [1.807, 2.05) is 0 Å². The zero-order valence-corrected chi connectivity index (χ0v) is 37.5. The molecule has 0 fully saturated rings. The van der Waals surface area contributed by atoms with Gasteiger partial charge in [0.25, 0.3) is 0 Å². The number of hydrogen-bond donors (Lipinski definition) is 0. The minimum atomic E-state index is -0.296. The van der Waals surface area contributed by atoms with E-state index < -0.39 is 0 Å². The quantitative estimate of drug-likeness (QED) is 0.147. The molecule has 1 aliphatic rings. The van der Waals surface area contributed by atoms with Crippen LogP contribution >= 0.6 is 0 Å². The predicted octanol–water partition coefficient (Wildman–Crippen LogP) is 17.6. The van der Waals surface area contributed by atoms with Crippen molar-refractivity contribution in [1.82, 2.24) is 0 Å². The topological polar surface area (TPSA) is 3.24 Å². The van der Waals surface area contributed by atoms with E-state index >= 15 is 0 Å². The molecular weight excluding hydrogens is 783 g/mol. The Kier molecular flexibility index (Phi) is 9.93. The van der Waals surface area contributed by atoms with Crippen molar-refractivity contribution in [2.75, 3.05) is 4.90 Å². The summed E-state index contributed by atoms with van der Waals surface area (Å²) in [7, 11) is 0. The molecule has 1 unspecified atom stereocenters. The molecule has 0 saturated carbocycles. The van der Waals surface area contributed by atoms with Gasteiger partial charge in [0.1, 0.15) is 0 Å². The molecule has 0 spiro atoms. The second kappa shape index (κ2) is 16.1. The summed E-state index contributed by atoms with van der Waals surface area (Å²) in [5, 5.41) is 2.42. The lowest BCUT2D eigenvalue weighted by atomic mass is 9.74. The zero-order chi connectivity index (χ0) is 44.1. The van der Waals surface area contributed by atoms with E-state index in [-0.39, 0.29) is 10.8 Å². The van der Waals surface area contributed by atoms with Crippen LogP contribution in [0.3, 0.4) is 0 Å². The maximum atomic E-state index is 2.51. The summed E-state index contributed by atoms with van der Waals surface area (Å²) < 4.78 is 0. The van der Waals surface area contributed by atoms with Crippen LogP contribution in [-0.4, -0.2) is 0 Å². The Morgan fingerprint density at radius 1 is 0.369 bits per heavy atom. The fourth-order valence-corrected chi connectivity index (χ4v) is 10.3. The van der Waals surface area contributed by atoms with Gasteiger partial charge in [-0.1, -0.05) is 227 Å². The Labute approximate surface area is 384 Å². The van der Waals surface area contributed by atoms with Crippen molar-refractivity contribution in [3.8, 4) is 55.6 Å². The second-order valence-electron chi connectivity index (χ2n) is 18.6. The number of nitrogens with zero attached hydrogens (tertiary/aromatic N) is 1. The molecule has 0 radical (unpaired) electrons. The lowest BCUT2D eigenvalue weighted by Gasteiger charge is -2.31. The SMILES string of the molecule is CC(C)(C)c1ccc(-c2ccc(N(c3ccc4c(c3)-c3ccccc3C4(C)c3ccccc3)c3ccc4ccccc4c3-c3ccc(-c4ccccc4)cc3)cc2-c2ccccc2)cc1. The molecule has 0 aromatic heterocycles. The van der Waals surface area contributed by atoms with Gasteiger partial charge in [0.05, 0.1) is 5.69 Å². The van der Waals surface area contributed by atoms with Crippen molar-refractivity contribution in [2.24, 2.45) is 0 Å². The summed E-state index contributed by atoms with van der Waals surface area (Å²) in [5.74, 6) is 0. The van der Waals surface area contributed by atoms with Gasteiger partial charge in [-0.15, -0.1) is 0 Å². The third kappa shape index (κ3) is 7.05. The molecule has 10 aromatic carbocycles. The smallest absolute Gasteiger partial charge is 0.0546 e. The molecule has 1 atom stereocenters. The Hall–Kier alpha value is -7.74. The minimum absolute atomic E-state index is 0.0689. The molecule has 312 valence electrons. The molecular formula is C64H51N. The number of rotatable bonds is 8. The summed E-state index contributed by atoms with van der Waals surface area (Å²) in [6.45, 7) is 9.22. The second-order valence-corrected chi connectivity index (χ2v) is 18.6. The van der Waals surface area contributed by atoms with Gasteiger partial charge in [0.2, 0.25) is 0 Å². The molecule has 0 N–H and O–H groups in total. The fraction of sp³-hybridized carbons (Fsp3) is 0.0938. The van der Waals surface area contributed by atoms with Crippen molar-refractivity contribution in [1.29, 1.82) is 0 Å². The van der Waals surface area contributed by atoms with Gasteiger partial charge in [0, 0.05) is 22.4 Å². The number of benzene rings is 10. The lowest BCUT2D eigenvalue weighted by Crippen LogP contribution is -2.22. The van der Waals surface area contributed by atoms with E-state index in [9.17, 15) is 0 Å². The highest BCUT2D eigenvalue weighted by Crippen LogP contribution is 2.55. The predicted molar refractivity (Wildman–Crippen MR) is 277 cm³/mol. The molecule has 1 heteroatoms. The van der Waals surface area contributed by atoms with Crippen LogP contribution in [0.4, 0.5) is 17.1 Å². The highest BCUT2D eigenvalue weighted by molar-refractivity contribution is 6.06. The molecule has 0 bridgehead atoms. The molecule has 0 amide bonds. The van der Waals surface area contributed by atoms with Crippen molar-refractivity contribution in [2.45, 2.75) is 38.5 Å². The summed E-state index contributed by atoms with van der Waals surface area (Å²) >= 11 is 0. The first-order chi connectivity index (χ1) is 31.8. The summed E-state index contributed by atoms with van der Waals surface area (Å²) in [6.07, 6.45) is 0. The highest BCUT2D eigenvalue weighted by atomic mass is 15.1. The number of hydrogen-bond acceptors (Lipinski definition) is 1. The van der Waals surface area contributed by atoms with Gasteiger partial charge < -0.3 is 4.90 Å². The van der Waals surface area contributed by atoms with Crippen molar-refractivity contribution in [3.63, 3.8) is 0 Å². The normalized spacial score (nSPS) is 14.2. The highest BCUT2D eigenvalue weighted by Gasteiger charge is 2.41. The first-order valence-electron chi connectivity index (χ1n) is 22.8. The Morgan fingerprint density at radius 3 is 1.60 bits per heavy atom. The molecule has 0 heterocycles. The van der Waals surface area contributed by atoms with E-state index in [1.54, 1.807) is 0 Å². The van der Waals surface area contributed by atoms with E-state index in [2.05, 4.69) is 269 Å². The van der Waals surface area contributed by atoms with Gasteiger partial charge in [-0.2, -0.15) is 0 Å². The van der Waals surface area contributed by atoms with E-state index in [0.717, 1.165) is 17.1 Å². The lowest BCUT2D eigenvalue weighted by molar-refractivity contribution is 0.590. The Balaban J connectivity index is 1.17. The van der Waals surface area contributed by atoms with Gasteiger partial charge in [-0.3, -0.25) is 0 Å². The van der Waals surface area contributed by atoms with Crippen LogP contribution in [0.1, 0.15) is 49.9 Å². The maximum Gasteiger partial charge on any atom is 0.0546 e. The average Bonchev–Trinajstić information content (AvgIpc) is 3.62. The van der Waals surface area contributed by atoms with Gasteiger partial charge >= 0.3 is 0 Å². The first-order valence-corrected chi connectivity index (χ1v) is 22.8. The minimum Gasteiger partial charge on any atom is -0.310 e. The van der Waals surface area contributed by atoms with Gasteiger partial charge in [-0.05, 0) is 126 Å². The zero-order valence-electron chi connectivity index (χ0n) is 37.5. The van der Waals surface area contributed by atoms with Crippen LogP contribution in [0.2, 0.25) is 0 Å². The van der Waals surface area contributed by atoms with Crippen molar-refractivity contribution < 1.29 is 0 Å². The number of anilines is 3. The van der Waals surface area contributed by atoms with Crippen LogP contribution in [0.25, 0.3) is 66.4 Å². The largest absolute Gasteiger partial charge is 0.310 e. The molecule has 0 aliphatic heterocycles. The summed E-state index contributed by atoms with van der Waals surface area (Å²) in [4.78, 5) is 2.51. The first kappa shape index (κ1) is 40.1. The standard InChI is InChI=1S/C64H51N/c1-63(2,3)50-35-32-48(33-36-50)54-39-37-52(42-57(54)46-20-10-6-11-21-46)65(53-38-40-60-58(43-53)56-26-16-17-27-59(56)64(60,4)51-23-12-7-13-24-51)61-41-34-47-22-14-15-25-55(47)62(61)49-30-28-45(29-31-49)44-18-8-5-9-19-44/h5-43H,1-4H3. The van der Waals surface area contributed by atoms with E-state index in [0.29, 0.717) is 0 Å². The number of fused-ring (bicyclic) bond motifs is 4. The summed E-state index contributed by atoms with van der Waals surface area (Å²) in [5.41, 5.74) is 20.5. The van der Waals surface area contributed by atoms with Crippen LogP contribution in [-0.2, 0) is 10.8 Å². The average molecular weight is 834 g/mol.